The van der Waals surface area contributed by atoms with Crippen molar-refractivity contribution in [1.29, 1.82) is 10.5 Å². The van der Waals surface area contributed by atoms with Gasteiger partial charge in [0.2, 0.25) is 0 Å². The molecule has 1 aliphatic rings. The fourth-order valence-corrected chi connectivity index (χ4v) is 5.53. The number of rotatable bonds is 6. The highest BCUT2D eigenvalue weighted by Gasteiger charge is 2.32. The summed E-state index contributed by atoms with van der Waals surface area (Å²) in [5.41, 5.74) is 1.22. The topological polar surface area (TPSA) is 73.9 Å². The summed E-state index contributed by atoms with van der Waals surface area (Å²) in [7, 11) is 0. The zero-order valence-corrected chi connectivity index (χ0v) is 23.9. The number of halogens is 4. The highest BCUT2D eigenvalue weighted by molar-refractivity contribution is 6.33. The van der Waals surface area contributed by atoms with Gasteiger partial charge in [-0.15, -0.1) is 0 Å². The van der Waals surface area contributed by atoms with Crippen molar-refractivity contribution in [3.63, 3.8) is 0 Å². The third kappa shape index (κ3) is 6.32. The molecule has 8 heteroatoms. The van der Waals surface area contributed by atoms with Crippen LogP contribution < -0.4 is 4.74 Å². The summed E-state index contributed by atoms with van der Waals surface area (Å²) in [5, 5.41) is 21.4. The van der Waals surface area contributed by atoms with E-state index in [-0.39, 0.29) is 16.9 Å². The lowest BCUT2D eigenvalue weighted by Gasteiger charge is -2.28. The first-order valence-electron chi connectivity index (χ1n) is 13.1. The smallest absolute Gasteiger partial charge is 0.416 e. The predicted octanol–water partition coefficient (Wildman–Crippen LogP) is 9.57. The minimum atomic E-state index is -4.53. The maximum absolute atomic E-state index is 13.3. The molecule has 0 aliphatic heterocycles. The second kappa shape index (κ2) is 11.4. The first kappa shape index (κ1) is 29.9. The Labute approximate surface area is 242 Å². The van der Waals surface area contributed by atoms with Crippen LogP contribution in [0.3, 0.4) is 0 Å². The highest BCUT2D eigenvalue weighted by Crippen LogP contribution is 2.48. The second-order valence-electron chi connectivity index (χ2n) is 11.1. The van der Waals surface area contributed by atoms with E-state index in [9.17, 15) is 28.5 Å². The van der Waals surface area contributed by atoms with E-state index in [0.29, 0.717) is 69.7 Å². The molecule has 0 saturated heterocycles. The van der Waals surface area contributed by atoms with Gasteiger partial charge >= 0.3 is 6.18 Å². The third-order valence-electron chi connectivity index (χ3n) is 7.04. The SMILES string of the molecule is CC(=O)CCC1=CC=C(Oc2c(C(C)(C)C)c(Cl)cc3cc(C#N)c(C#N)c(-c4ccc(C(F)(F)F)cc4)c23)CC1. The van der Waals surface area contributed by atoms with Gasteiger partial charge in [0, 0.05) is 34.4 Å². The van der Waals surface area contributed by atoms with Gasteiger partial charge in [-0.25, -0.2) is 0 Å². The number of hydrogen-bond donors (Lipinski definition) is 0. The van der Waals surface area contributed by atoms with Crippen LogP contribution in [0.5, 0.6) is 5.75 Å². The standard InChI is InChI=1S/C33H28ClF3N2O2/c1-19(40)5-6-20-7-13-25(14-8-20)41-31-29-22(16-27(34)30(31)32(2,3)4)15-23(17-38)26(18-39)28(29)21-9-11-24(12-10-21)33(35,36)37/h7,9-13,15-16H,5-6,8,14H2,1-4H3. The van der Waals surface area contributed by atoms with Gasteiger partial charge in [-0.3, -0.25) is 0 Å². The molecule has 0 spiro atoms. The van der Waals surface area contributed by atoms with E-state index in [4.69, 9.17) is 16.3 Å². The Morgan fingerprint density at radius 1 is 1.02 bits per heavy atom. The monoisotopic (exact) mass is 576 g/mol. The Bertz CT molecular complexity index is 1680. The number of fused-ring (bicyclic) bond motifs is 1. The van der Waals surface area contributed by atoms with E-state index in [1.807, 2.05) is 39.0 Å². The van der Waals surface area contributed by atoms with Crippen LogP contribution >= 0.6 is 11.6 Å². The Balaban J connectivity index is 2.03. The number of benzene rings is 3. The molecule has 0 amide bonds. The molecule has 0 N–H and O–H groups in total. The zero-order valence-electron chi connectivity index (χ0n) is 23.2. The minimum absolute atomic E-state index is 0.0378. The van der Waals surface area contributed by atoms with E-state index >= 15 is 0 Å². The molecular formula is C33H28ClF3N2O2. The van der Waals surface area contributed by atoms with Gasteiger partial charge in [0.15, 0.2) is 0 Å². The van der Waals surface area contributed by atoms with Crippen molar-refractivity contribution < 1.29 is 22.7 Å². The Morgan fingerprint density at radius 3 is 2.22 bits per heavy atom. The largest absolute Gasteiger partial charge is 0.461 e. The van der Waals surface area contributed by atoms with Gasteiger partial charge in [-0.05, 0) is 66.5 Å². The van der Waals surface area contributed by atoms with Crippen molar-refractivity contribution in [1.82, 2.24) is 0 Å². The molecule has 3 aromatic carbocycles. The number of ketones is 1. The number of hydrogen-bond acceptors (Lipinski definition) is 4. The number of allylic oxidation sites excluding steroid dienone is 4. The van der Waals surface area contributed by atoms with Crippen LogP contribution in [0.15, 0.2) is 59.9 Å². The molecule has 1 aliphatic carbocycles. The first-order valence-corrected chi connectivity index (χ1v) is 13.5. The van der Waals surface area contributed by atoms with Crippen LogP contribution in [0.2, 0.25) is 5.02 Å². The maximum atomic E-state index is 13.3. The molecule has 4 nitrogen and oxygen atoms in total. The minimum Gasteiger partial charge on any atom is -0.461 e. The van der Waals surface area contributed by atoms with Crippen molar-refractivity contribution in [2.45, 2.75) is 65.0 Å². The van der Waals surface area contributed by atoms with Gasteiger partial charge in [0.1, 0.15) is 29.4 Å². The molecule has 4 rings (SSSR count). The second-order valence-corrected chi connectivity index (χ2v) is 11.6. The van der Waals surface area contributed by atoms with E-state index in [1.165, 1.54) is 12.1 Å². The lowest BCUT2D eigenvalue weighted by molar-refractivity contribution is -0.137. The van der Waals surface area contributed by atoms with Crippen molar-refractivity contribution in [3.8, 4) is 29.0 Å². The third-order valence-corrected chi connectivity index (χ3v) is 7.34. The van der Waals surface area contributed by atoms with Crippen molar-refractivity contribution in [2.24, 2.45) is 0 Å². The summed E-state index contributed by atoms with van der Waals surface area (Å²) in [6.07, 6.45) is 1.68. The number of carbonyl (C=O) groups is 1. The number of nitrogens with zero attached hydrogens (tertiary/aromatic N) is 2. The Hall–Kier alpha value is -4.07. The Morgan fingerprint density at radius 2 is 1.71 bits per heavy atom. The van der Waals surface area contributed by atoms with Crippen LogP contribution in [0.4, 0.5) is 13.2 Å². The maximum Gasteiger partial charge on any atom is 0.416 e. The van der Waals surface area contributed by atoms with E-state index in [2.05, 4.69) is 6.07 Å². The number of carbonyl (C=O) groups excluding carboxylic acids is 1. The molecule has 0 fully saturated rings. The zero-order chi connectivity index (χ0) is 30.1. The first-order chi connectivity index (χ1) is 19.2. The molecule has 0 heterocycles. The molecular weight excluding hydrogens is 549 g/mol. The summed E-state index contributed by atoms with van der Waals surface area (Å²) in [4.78, 5) is 11.4. The number of Topliss-reactive ketones (excluding diaryl/α,β-unsaturated/α-hetero) is 1. The predicted molar refractivity (Wildman–Crippen MR) is 153 cm³/mol. The lowest BCUT2D eigenvalue weighted by atomic mass is 9.82. The number of alkyl halides is 3. The van der Waals surface area contributed by atoms with Crippen molar-refractivity contribution in [3.05, 3.63) is 87.2 Å². The summed E-state index contributed by atoms with van der Waals surface area (Å²) in [5.74, 6) is 1.16. The normalized spacial score (nSPS) is 13.7. The molecule has 210 valence electrons. The molecule has 0 atom stereocenters. The van der Waals surface area contributed by atoms with Crippen LogP contribution in [0.1, 0.15) is 75.6 Å². The van der Waals surface area contributed by atoms with Crippen molar-refractivity contribution >= 4 is 28.2 Å². The summed E-state index contributed by atoms with van der Waals surface area (Å²) in [6.45, 7) is 7.46. The lowest BCUT2D eigenvalue weighted by Crippen LogP contribution is -2.15. The van der Waals surface area contributed by atoms with Crippen LogP contribution in [-0.2, 0) is 16.4 Å². The van der Waals surface area contributed by atoms with Gasteiger partial charge in [0.05, 0.1) is 16.7 Å². The van der Waals surface area contributed by atoms with Crippen molar-refractivity contribution in [2.75, 3.05) is 0 Å². The average molecular weight is 577 g/mol. The molecule has 0 saturated carbocycles. The average Bonchev–Trinajstić information content (AvgIpc) is 2.90. The van der Waals surface area contributed by atoms with Crippen LogP contribution in [0, 0.1) is 22.7 Å². The van der Waals surface area contributed by atoms with Gasteiger partial charge in [0.25, 0.3) is 0 Å². The number of nitriles is 2. The summed E-state index contributed by atoms with van der Waals surface area (Å²) < 4.78 is 46.6. The molecule has 0 bridgehead atoms. The number of ether oxygens (including phenoxy) is 1. The fraction of sp³-hybridized carbons (Fsp3) is 0.303. The van der Waals surface area contributed by atoms with Gasteiger partial charge in [-0.2, -0.15) is 23.7 Å². The van der Waals surface area contributed by atoms with Crippen LogP contribution in [0.25, 0.3) is 21.9 Å². The fourth-order valence-electron chi connectivity index (χ4n) is 5.05. The molecule has 0 unspecified atom stereocenters. The molecule has 3 aromatic rings. The Kier molecular flexibility index (Phi) is 8.34. The summed E-state index contributed by atoms with van der Waals surface area (Å²) in [6, 6.07) is 11.9. The van der Waals surface area contributed by atoms with E-state index in [1.54, 1.807) is 19.1 Å². The molecule has 41 heavy (non-hydrogen) atoms. The highest BCUT2D eigenvalue weighted by atomic mass is 35.5. The molecule has 0 radical (unpaired) electrons. The van der Waals surface area contributed by atoms with Gasteiger partial charge in [-0.1, -0.05) is 56.2 Å². The van der Waals surface area contributed by atoms with E-state index in [0.717, 1.165) is 17.7 Å². The quantitative estimate of drug-likeness (QED) is 0.293. The molecule has 0 aromatic heterocycles. The van der Waals surface area contributed by atoms with Gasteiger partial charge < -0.3 is 9.53 Å². The van der Waals surface area contributed by atoms with E-state index < -0.39 is 17.2 Å². The summed E-state index contributed by atoms with van der Waals surface area (Å²) >= 11 is 6.83. The van der Waals surface area contributed by atoms with Crippen LogP contribution in [-0.4, -0.2) is 5.78 Å².